The fourth-order valence-corrected chi connectivity index (χ4v) is 1.96. The Morgan fingerprint density at radius 3 is 2.45 bits per heavy atom. The predicted octanol–water partition coefficient (Wildman–Crippen LogP) is 1.05. The van der Waals surface area contributed by atoms with Crippen LogP contribution in [0.4, 0.5) is 13.2 Å². The van der Waals surface area contributed by atoms with Crippen molar-refractivity contribution in [1.82, 2.24) is 15.1 Å². The molecule has 2 aliphatic heterocycles. The van der Waals surface area contributed by atoms with E-state index in [0.717, 1.165) is 13.1 Å². The van der Waals surface area contributed by atoms with Crippen LogP contribution in [0.3, 0.4) is 0 Å². The Morgan fingerprint density at radius 1 is 1.41 bits per heavy atom. The van der Waals surface area contributed by atoms with Crippen LogP contribution in [-0.2, 0) is 4.79 Å². The van der Waals surface area contributed by atoms with Gasteiger partial charge in [-0.2, -0.15) is 13.2 Å². The number of alkyl halides is 3. The van der Waals surface area contributed by atoms with Crippen molar-refractivity contribution in [1.29, 1.82) is 0 Å². The third-order valence-corrected chi connectivity index (χ3v) is 3.72. The van der Waals surface area contributed by atoms with Crippen molar-refractivity contribution in [3.05, 3.63) is 23.9 Å². The van der Waals surface area contributed by atoms with Crippen LogP contribution in [0.5, 0.6) is 0 Å². The molecule has 0 aromatic rings. The molecule has 5 nitrogen and oxygen atoms in total. The molecule has 0 aromatic heterocycles. The maximum absolute atomic E-state index is 12.1. The molecule has 22 heavy (non-hydrogen) atoms. The third-order valence-electron chi connectivity index (χ3n) is 3.72. The molecule has 2 aliphatic rings. The van der Waals surface area contributed by atoms with Gasteiger partial charge in [0.25, 0.3) is 0 Å². The van der Waals surface area contributed by atoms with Gasteiger partial charge in [-0.1, -0.05) is 12.2 Å². The molecule has 3 N–H and O–H groups in total. The van der Waals surface area contributed by atoms with E-state index in [2.05, 4.69) is 31.1 Å². The van der Waals surface area contributed by atoms with Crippen LogP contribution in [-0.4, -0.2) is 60.8 Å². The van der Waals surface area contributed by atoms with Gasteiger partial charge in [-0.15, -0.1) is 0 Å². The Balaban J connectivity index is 0.000000235. The van der Waals surface area contributed by atoms with Crippen molar-refractivity contribution < 1.29 is 18.0 Å². The number of primary amides is 1. The standard InChI is InChI=1S/C7H7F3N2O.C7H16N2/c8-7(9,10)12-3-1-2-5(4-12)6(11)13;1-7(2)6-8-4-5-9(7)3/h1-2,4H,3H2,(H2,11,13);8H,4-6H2,1-3H3. The van der Waals surface area contributed by atoms with Gasteiger partial charge in [0.05, 0.1) is 5.57 Å². The average molecular weight is 320 g/mol. The number of halogens is 3. The fourth-order valence-electron chi connectivity index (χ4n) is 1.96. The number of nitrogens with one attached hydrogen (secondary N) is 1. The molecule has 0 saturated carbocycles. The van der Waals surface area contributed by atoms with E-state index in [1.807, 2.05) is 0 Å². The van der Waals surface area contributed by atoms with Gasteiger partial charge in [0, 0.05) is 37.9 Å². The van der Waals surface area contributed by atoms with Gasteiger partial charge in [0.2, 0.25) is 5.91 Å². The molecule has 8 heteroatoms. The van der Waals surface area contributed by atoms with Crippen LogP contribution in [0.1, 0.15) is 13.8 Å². The topological polar surface area (TPSA) is 61.6 Å². The average Bonchev–Trinajstić information content (AvgIpc) is 2.42. The Kier molecular flexibility index (Phi) is 6.01. The first-order valence-electron chi connectivity index (χ1n) is 6.97. The minimum atomic E-state index is -4.47. The second-order valence-corrected chi connectivity index (χ2v) is 5.88. The SMILES string of the molecule is CN1CCNCC1(C)C.NC(=O)C1=CN(C(F)(F)F)CC=C1. The Bertz CT molecular complexity index is 457. The van der Waals surface area contributed by atoms with Gasteiger partial charge in [-0.3, -0.25) is 14.6 Å². The summed E-state index contributed by atoms with van der Waals surface area (Å²) in [7, 11) is 2.18. The highest BCUT2D eigenvalue weighted by Crippen LogP contribution is 2.24. The first-order chi connectivity index (χ1) is 10.0. The highest BCUT2D eigenvalue weighted by molar-refractivity contribution is 5.94. The van der Waals surface area contributed by atoms with E-state index in [-0.39, 0.29) is 17.0 Å². The van der Waals surface area contributed by atoms with Crippen LogP contribution in [0, 0.1) is 0 Å². The van der Waals surface area contributed by atoms with Gasteiger partial charge in [0.15, 0.2) is 0 Å². The van der Waals surface area contributed by atoms with E-state index >= 15 is 0 Å². The number of likely N-dealkylation sites (N-methyl/N-ethyl adjacent to an activating group) is 1. The molecule has 0 atom stereocenters. The van der Waals surface area contributed by atoms with Crippen LogP contribution >= 0.6 is 0 Å². The number of amides is 1. The number of piperazine rings is 1. The summed E-state index contributed by atoms with van der Waals surface area (Å²) in [6, 6.07) is 0. The second-order valence-electron chi connectivity index (χ2n) is 5.88. The maximum Gasteiger partial charge on any atom is 0.484 e. The molecule has 1 amide bonds. The first kappa shape index (κ1) is 18.5. The number of carbonyl (C=O) groups excluding carboxylic acids is 1. The van der Waals surface area contributed by atoms with E-state index in [0.29, 0.717) is 11.7 Å². The third kappa shape index (κ3) is 5.34. The minimum absolute atomic E-state index is 0.0904. The molecule has 0 unspecified atom stereocenters. The molecule has 0 aromatic carbocycles. The molecule has 1 fully saturated rings. The van der Waals surface area contributed by atoms with Crippen molar-refractivity contribution in [2.75, 3.05) is 33.2 Å². The molecule has 2 heterocycles. The monoisotopic (exact) mass is 320 g/mol. The fraction of sp³-hybridized carbons (Fsp3) is 0.643. The van der Waals surface area contributed by atoms with Crippen LogP contribution in [0.25, 0.3) is 0 Å². The highest BCUT2D eigenvalue weighted by atomic mass is 19.4. The molecule has 0 bridgehead atoms. The largest absolute Gasteiger partial charge is 0.484 e. The lowest BCUT2D eigenvalue weighted by Gasteiger charge is -2.40. The van der Waals surface area contributed by atoms with E-state index in [1.54, 1.807) is 0 Å². The van der Waals surface area contributed by atoms with Gasteiger partial charge in [-0.25, -0.2) is 0 Å². The van der Waals surface area contributed by atoms with Crippen molar-refractivity contribution >= 4 is 5.91 Å². The second kappa shape index (κ2) is 7.15. The summed E-state index contributed by atoms with van der Waals surface area (Å²) in [6.45, 7) is 7.66. The zero-order valence-electron chi connectivity index (χ0n) is 13.1. The Morgan fingerprint density at radius 2 is 2.05 bits per heavy atom. The number of carbonyl (C=O) groups is 1. The normalized spacial score (nSPS) is 21.7. The van der Waals surface area contributed by atoms with E-state index in [4.69, 9.17) is 5.73 Å². The number of nitrogens with two attached hydrogens (primary N) is 1. The molecular formula is C14H23F3N4O. The minimum Gasteiger partial charge on any atom is -0.366 e. The summed E-state index contributed by atoms with van der Waals surface area (Å²) in [6.07, 6.45) is -1.27. The zero-order valence-corrected chi connectivity index (χ0v) is 13.1. The summed E-state index contributed by atoms with van der Waals surface area (Å²) >= 11 is 0. The van der Waals surface area contributed by atoms with Crippen LogP contribution in [0.2, 0.25) is 0 Å². The van der Waals surface area contributed by atoms with E-state index in [1.165, 1.54) is 18.7 Å². The lowest BCUT2D eigenvalue weighted by molar-refractivity contribution is -0.224. The summed E-state index contributed by atoms with van der Waals surface area (Å²) in [5, 5.41) is 3.36. The van der Waals surface area contributed by atoms with Crippen molar-refractivity contribution in [2.24, 2.45) is 5.73 Å². The van der Waals surface area contributed by atoms with Crippen molar-refractivity contribution in [3.63, 3.8) is 0 Å². The van der Waals surface area contributed by atoms with Gasteiger partial charge >= 0.3 is 6.30 Å². The predicted molar refractivity (Wildman–Crippen MR) is 78.8 cm³/mol. The molecular weight excluding hydrogens is 297 g/mol. The zero-order chi connectivity index (χ0) is 17.0. The molecule has 0 aliphatic carbocycles. The molecule has 0 radical (unpaired) electrons. The summed E-state index contributed by atoms with van der Waals surface area (Å²) < 4.78 is 36.2. The lowest BCUT2D eigenvalue weighted by Crippen LogP contribution is -2.55. The Hall–Kier alpha value is -1.54. The summed E-state index contributed by atoms with van der Waals surface area (Å²) in [5.74, 6) is -0.870. The number of hydrogen-bond acceptors (Lipinski definition) is 4. The van der Waals surface area contributed by atoms with Crippen molar-refractivity contribution in [3.8, 4) is 0 Å². The first-order valence-corrected chi connectivity index (χ1v) is 6.97. The van der Waals surface area contributed by atoms with Gasteiger partial charge in [0.1, 0.15) is 0 Å². The van der Waals surface area contributed by atoms with Gasteiger partial charge in [-0.05, 0) is 20.9 Å². The van der Waals surface area contributed by atoms with Crippen molar-refractivity contribution in [2.45, 2.75) is 25.7 Å². The number of rotatable bonds is 1. The van der Waals surface area contributed by atoms with Crippen LogP contribution < -0.4 is 11.1 Å². The van der Waals surface area contributed by atoms with E-state index in [9.17, 15) is 18.0 Å². The summed E-state index contributed by atoms with van der Waals surface area (Å²) in [4.78, 5) is 13.0. The molecule has 2 rings (SSSR count). The Labute approximate surface area is 128 Å². The molecule has 1 saturated heterocycles. The smallest absolute Gasteiger partial charge is 0.366 e. The van der Waals surface area contributed by atoms with E-state index < -0.39 is 12.2 Å². The number of nitrogens with zero attached hydrogens (tertiary/aromatic N) is 2. The maximum atomic E-state index is 12.1. The number of hydrogen-bond donors (Lipinski definition) is 2. The summed E-state index contributed by atoms with van der Waals surface area (Å²) in [5.41, 5.74) is 5.03. The highest BCUT2D eigenvalue weighted by Gasteiger charge is 2.35. The van der Waals surface area contributed by atoms with Crippen LogP contribution in [0.15, 0.2) is 23.9 Å². The lowest BCUT2D eigenvalue weighted by atomic mass is 10.0. The quantitative estimate of drug-likeness (QED) is 0.709. The molecule has 126 valence electrons. The molecule has 0 spiro atoms. The van der Waals surface area contributed by atoms with Gasteiger partial charge < -0.3 is 11.1 Å².